The molecule has 28 heavy (non-hydrogen) atoms. The third kappa shape index (κ3) is 2.78. The molecule has 0 aliphatic carbocycles. The van der Waals surface area contributed by atoms with E-state index < -0.39 is 36.5 Å². The predicted octanol–water partition coefficient (Wildman–Crippen LogP) is -0.305. The molecule has 0 radical (unpaired) electrons. The highest BCUT2D eigenvalue weighted by Crippen LogP contribution is 2.42. The van der Waals surface area contributed by atoms with Crippen LogP contribution in [0.1, 0.15) is 30.0 Å². The number of carbonyl (C=O) groups is 4. The van der Waals surface area contributed by atoms with Gasteiger partial charge in [0.05, 0.1) is 7.11 Å². The zero-order valence-corrected chi connectivity index (χ0v) is 15.4. The summed E-state index contributed by atoms with van der Waals surface area (Å²) in [5.74, 6) is -1.63. The second-order valence-corrected chi connectivity index (χ2v) is 7.23. The molecule has 1 aromatic carbocycles. The zero-order valence-electron chi connectivity index (χ0n) is 15.4. The molecular formula is C19H21N3O6. The molecule has 0 saturated carbocycles. The van der Waals surface area contributed by atoms with Crippen LogP contribution in [-0.4, -0.2) is 70.9 Å². The van der Waals surface area contributed by atoms with Gasteiger partial charge in [0.2, 0.25) is 11.8 Å². The van der Waals surface area contributed by atoms with E-state index in [1.165, 1.54) is 12.0 Å². The minimum atomic E-state index is -1.17. The Morgan fingerprint density at radius 2 is 2.07 bits per heavy atom. The summed E-state index contributed by atoms with van der Waals surface area (Å²) in [6, 6.07) is 2.89. The number of carboxylic acids is 1. The Hall–Kier alpha value is -3.10. The van der Waals surface area contributed by atoms with Gasteiger partial charge >= 0.3 is 5.97 Å². The molecule has 3 aliphatic rings. The Bertz CT molecular complexity index is 869. The van der Waals surface area contributed by atoms with Crippen LogP contribution >= 0.6 is 0 Å². The van der Waals surface area contributed by atoms with E-state index in [0.29, 0.717) is 24.3 Å². The van der Waals surface area contributed by atoms with Gasteiger partial charge in [0.1, 0.15) is 30.4 Å². The van der Waals surface area contributed by atoms with Crippen molar-refractivity contribution < 1.29 is 29.0 Å². The van der Waals surface area contributed by atoms with Crippen LogP contribution in [0.3, 0.4) is 0 Å². The van der Waals surface area contributed by atoms with Crippen molar-refractivity contribution in [2.24, 2.45) is 0 Å². The summed E-state index contributed by atoms with van der Waals surface area (Å²) in [7, 11) is 1.52. The second-order valence-electron chi connectivity index (χ2n) is 7.23. The molecule has 0 spiro atoms. The van der Waals surface area contributed by atoms with Crippen molar-refractivity contribution in [3.8, 4) is 5.75 Å². The highest BCUT2D eigenvalue weighted by Gasteiger charge is 2.54. The topological polar surface area (TPSA) is 116 Å². The molecule has 1 aromatic rings. The fourth-order valence-corrected chi connectivity index (χ4v) is 4.43. The van der Waals surface area contributed by atoms with Gasteiger partial charge in [-0.2, -0.15) is 0 Å². The van der Waals surface area contributed by atoms with Crippen molar-refractivity contribution in [3.63, 3.8) is 0 Å². The molecule has 3 amide bonds. The summed E-state index contributed by atoms with van der Waals surface area (Å²) in [6.07, 6.45) is 1.53. The van der Waals surface area contributed by atoms with Crippen molar-refractivity contribution in [3.05, 3.63) is 29.3 Å². The van der Waals surface area contributed by atoms with Gasteiger partial charge in [0.25, 0.3) is 5.91 Å². The molecule has 148 valence electrons. The summed E-state index contributed by atoms with van der Waals surface area (Å²) in [6.45, 7) is -0.0181. The Morgan fingerprint density at radius 1 is 1.29 bits per heavy atom. The number of fused-ring (bicyclic) bond motifs is 4. The highest BCUT2D eigenvalue weighted by atomic mass is 16.5. The van der Waals surface area contributed by atoms with Crippen LogP contribution in [0.5, 0.6) is 5.75 Å². The SMILES string of the molecule is COc1ccc2c(c1)[C@H]1C(=O)N3CCC[C@H]3C(=O)N1[C@H](C(=O)NCC(=O)O)C2. The Labute approximate surface area is 161 Å². The molecule has 0 unspecified atom stereocenters. The number of carbonyl (C=O) groups excluding carboxylic acids is 3. The summed E-state index contributed by atoms with van der Waals surface area (Å²) < 4.78 is 5.28. The average Bonchev–Trinajstić information content (AvgIpc) is 3.19. The van der Waals surface area contributed by atoms with Crippen molar-refractivity contribution >= 4 is 23.7 Å². The van der Waals surface area contributed by atoms with Gasteiger partial charge < -0.3 is 25.0 Å². The van der Waals surface area contributed by atoms with Gasteiger partial charge in [-0.25, -0.2) is 0 Å². The number of piperazine rings is 1. The van der Waals surface area contributed by atoms with Crippen molar-refractivity contribution in [2.45, 2.75) is 37.4 Å². The Kier molecular flexibility index (Phi) is 4.44. The molecule has 2 saturated heterocycles. The maximum atomic E-state index is 13.2. The predicted molar refractivity (Wildman–Crippen MR) is 95.5 cm³/mol. The van der Waals surface area contributed by atoms with Crippen molar-refractivity contribution in [1.82, 2.24) is 15.1 Å². The summed E-state index contributed by atoms with van der Waals surface area (Å²) in [5.41, 5.74) is 1.43. The normalized spacial score (nSPS) is 25.7. The van der Waals surface area contributed by atoms with E-state index in [2.05, 4.69) is 5.32 Å². The third-order valence-electron chi connectivity index (χ3n) is 5.70. The van der Waals surface area contributed by atoms with Crippen LogP contribution < -0.4 is 10.1 Å². The lowest BCUT2D eigenvalue weighted by Crippen LogP contribution is -2.65. The van der Waals surface area contributed by atoms with E-state index in [0.717, 1.165) is 12.0 Å². The van der Waals surface area contributed by atoms with E-state index in [4.69, 9.17) is 9.84 Å². The van der Waals surface area contributed by atoms with E-state index in [1.807, 2.05) is 0 Å². The molecule has 9 heteroatoms. The summed E-state index contributed by atoms with van der Waals surface area (Å²) >= 11 is 0. The average molecular weight is 387 g/mol. The van der Waals surface area contributed by atoms with Gasteiger partial charge in [-0.3, -0.25) is 19.2 Å². The van der Waals surface area contributed by atoms with Gasteiger partial charge in [0.15, 0.2) is 0 Å². The Morgan fingerprint density at radius 3 is 2.79 bits per heavy atom. The molecular weight excluding hydrogens is 366 g/mol. The van der Waals surface area contributed by atoms with E-state index in [-0.39, 0.29) is 18.2 Å². The van der Waals surface area contributed by atoms with E-state index in [9.17, 15) is 19.2 Å². The number of carboxylic acid groups (broad SMARTS) is 1. The van der Waals surface area contributed by atoms with Crippen LogP contribution in [0.25, 0.3) is 0 Å². The molecule has 0 aromatic heterocycles. The third-order valence-corrected chi connectivity index (χ3v) is 5.70. The minimum absolute atomic E-state index is 0.202. The largest absolute Gasteiger partial charge is 0.497 e. The lowest BCUT2D eigenvalue weighted by atomic mass is 9.84. The zero-order chi connectivity index (χ0) is 20.0. The lowest BCUT2D eigenvalue weighted by Gasteiger charge is -2.48. The first-order valence-electron chi connectivity index (χ1n) is 9.21. The molecule has 0 bridgehead atoms. The first kappa shape index (κ1) is 18.3. The van der Waals surface area contributed by atoms with Crippen molar-refractivity contribution in [1.29, 1.82) is 0 Å². The molecule has 2 N–H and O–H groups in total. The van der Waals surface area contributed by atoms with Crippen LogP contribution in [-0.2, 0) is 25.6 Å². The molecule has 3 heterocycles. The van der Waals surface area contributed by atoms with Gasteiger partial charge in [-0.15, -0.1) is 0 Å². The van der Waals surface area contributed by atoms with Crippen LogP contribution in [0, 0.1) is 0 Å². The van der Waals surface area contributed by atoms with E-state index in [1.54, 1.807) is 23.1 Å². The van der Waals surface area contributed by atoms with Crippen molar-refractivity contribution in [2.75, 3.05) is 20.2 Å². The number of nitrogens with one attached hydrogen (secondary N) is 1. The maximum absolute atomic E-state index is 13.2. The fourth-order valence-electron chi connectivity index (χ4n) is 4.43. The fraction of sp³-hybridized carbons (Fsp3) is 0.474. The summed E-state index contributed by atoms with van der Waals surface area (Å²) in [4.78, 5) is 53.0. The summed E-state index contributed by atoms with van der Waals surface area (Å²) in [5, 5.41) is 11.2. The molecule has 4 rings (SSSR count). The highest BCUT2D eigenvalue weighted by molar-refractivity contribution is 6.02. The smallest absolute Gasteiger partial charge is 0.322 e. The van der Waals surface area contributed by atoms with Crippen LogP contribution in [0.2, 0.25) is 0 Å². The molecule has 3 atom stereocenters. The first-order chi connectivity index (χ1) is 13.4. The second kappa shape index (κ2) is 6.81. The first-order valence-corrected chi connectivity index (χ1v) is 9.21. The number of ether oxygens (including phenoxy) is 1. The maximum Gasteiger partial charge on any atom is 0.322 e. The number of nitrogens with zero attached hydrogens (tertiary/aromatic N) is 2. The number of rotatable bonds is 4. The number of benzene rings is 1. The van der Waals surface area contributed by atoms with E-state index >= 15 is 0 Å². The van der Waals surface area contributed by atoms with Crippen LogP contribution in [0.15, 0.2) is 18.2 Å². The van der Waals surface area contributed by atoms with Crippen LogP contribution in [0.4, 0.5) is 0 Å². The number of hydrogen-bond donors (Lipinski definition) is 2. The number of aliphatic carboxylic acids is 1. The monoisotopic (exact) mass is 387 g/mol. The quantitative estimate of drug-likeness (QED) is 0.733. The molecule has 9 nitrogen and oxygen atoms in total. The van der Waals surface area contributed by atoms with Gasteiger partial charge in [-0.05, 0) is 36.1 Å². The number of hydrogen-bond acceptors (Lipinski definition) is 5. The molecule has 3 aliphatic heterocycles. The number of methoxy groups -OCH3 is 1. The Balaban J connectivity index is 1.78. The van der Waals surface area contributed by atoms with Gasteiger partial charge in [-0.1, -0.05) is 6.07 Å². The molecule has 2 fully saturated rings. The minimum Gasteiger partial charge on any atom is -0.497 e. The standard InChI is InChI=1S/C19H21N3O6/c1-28-11-5-4-10-7-14(17(25)20-9-15(23)24)22-16(12(10)8-11)19(27)21-6-2-3-13(21)18(22)26/h4-5,8,13-14,16H,2-3,6-7,9H2,1H3,(H,20,25)(H,23,24)/t13-,14-,16-/m0/s1. The lowest BCUT2D eigenvalue weighted by molar-refractivity contribution is -0.165. The number of amides is 3. The van der Waals surface area contributed by atoms with Gasteiger partial charge in [0, 0.05) is 13.0 Å².